The molecule has 1 N–H and O–H groups in total. The first-order valence-electron chi connectivity index (χ1n) is 7.67. The molecule has 6 nitrogen and oxygen atoms in total. The van der Waals surface area contributed by atoms with E-state index in [1.807, 2.05) is 51.1 Å². The second-order valence-corrected chi connectivity index (χ2v) is 7.05. The molecule has 0 aliphatic carbocycles. The smallest absolute Gasteiger partial charge is 0.247 e. The number of benzene rings is 1. The van der Waals surface area contributed by atoms with E-state index < -0.39 is 0 Å². The van der Waals surface area contributed by atoms with Crippen LogP contribution < -0.4 is 5.32 Å². The van der Waals surface area contributed by atoms with Gasteiger partial charge >= 0.3 is 0 Å². The van der Waals surface area contributed by atoms with Gasteiger partial charge in [0, 0.05) is 10.5 Å². The number of halogens is 2. The highest BCUT2D eigenvalue weighted by Crippen LogP contribution is 2.21. The lowest BCUT2D eigenvalue weighted by atomic mass is 10.3. The van der Waals surface area contributed by atoms with Crippen LogP contribution in [0.3, 0.4) is 0 Å². The molecule has 1 aromatic carbocycles. The first kappa shape index (κ1) is 17.7. The lowest BCUT2D eigenvalue weighted by Crippen LogP contribution is -2.21. The van der Waals surface area contributed by atoms with Gasteiger partial charge in [0.2, 0.25) is 5.91 Å². The minimum atomic E-state index is -0.196. The van der Waals surface area contributed by atoms with Crippen molar-refractivity contribution in [1.29, 1.82) is 0 Å². The van der Waals surface area contributed by atoms with E-state index in [9.17, 15) is 4.79 Å². The number of carbonyl (C=O) groups excluding carboxylic acids is 1. The van der Waals surface area contributed by atoms with Crippen molar-refractivity contribution in [3.8, 4) is 5.69 Å². The van der Waals surface area contributed by atoms with Crippen LogP contribution >= 0.6 is 27.5 Å². The van der Waals surface area contributed by atoms with Crippen LogP contribution in [0.5, 0.6) is 0 Å². The highest BCUT2D eigenvalue weighted by molar-refractivity contribution is 9.10. The maximum absolute atomic E-state index is 12.4. The minimum Gasteiger partial charge on any atom is -0.309 e. The molecular formula is C17H17BrClN5O. The number of hydrogen-bond donors (Lipinski definition) is 1. The lowest BCUT2D eigenvalue weighted by Gasteiger charge is -2.10. The number of aryl methyl sites for hydroxylation is 2. The number of hydrogen-bond acceptors (Lipinski definition) is 3. The fourth-order valence-corrected chi connectivity index (χ4v) is 3.06. The van der Waals surface area contributed by atoms with Gasteiger partial charge in [0.15, 0.2) is 0 Å². The van der Waals surface area contributed by atoms with E-state index >= 15 is 0 Å². The van der Waals surface area contributed by atoms with Crippen LogP contribution in [0, 0.1) is 20.8 Å². The van der Waals surface area contributed by atoms with Crippen molar-refractivity contribution in [3.63, 3.8) is 0 Å². The zero-order valence-corrected chi connectivity index (χ0v) is 16.4. The Balaban J connectivity index is 1.83. The number of amides is 1. The predicted octanol–water partition coefficient (Wildman–Crippen LogP) is 4.05. The van der Waals surface area contributed by atoms with Crippen LogP contribution in [0.25, 0.3) is 5.69 Å². The van der Waals surface area contributed by atoms with E-state index in [2.05, 4.69) is 31.4 Å². The number of rotatable bonds is 4. The number of aromatic nitrogens is 4. The Morgan fingerprint density at radius 2 is 2.00 bits per heavy atom. The van der Waals surface area contributed by atoms with Crippen molar-refractivity contribution < 1.29 is 4.79 Å². The van der Waals surface area contributed by atoms with Crippen LogP contribution in [0.2, 0.25) is 5.02 Å². The maximum Gasteiger partial charge on any atom is 0.247 e. The van der Waals surface area contributed by atoms with Crippen molar-refractivity contribution in [2.45, 2.75) is 27.3 Å². The van der Waals surface area contributed by atoms with Crippen molar-refractivity contribution in [1.82, 2.24) is 19.6 Å². The Morgan fingerprint density at radius 3 is 2.64 bits per heavy atom. The van der Waals surface area contributed by atoms with Crippen LogP contribution in [-0.2, 0) is 11.3 Å². The third kappa shape index (κ3) is 3.77. The normalized spacial score (nSPS) is 10.9. The summed E-state index contributed by atoms with van der Waals surface area (Å²) in [5, 5.41) is 12.2. The molecule has 0 saturated heterocycles. The second kappa shape index (κ2) is 7.01. The minimum absolute atomic E-state index is 0.0854. The molecule has 25 heavy (non-hydrogen) atoms. The van der Waals surface area contributed by atoms with Gasteiger partial charge in [-0.3, -0.25) is 9.48 Å². The van der Waals surface area contributed by atoms with E-state index in [1.165, 1.54) is 0 Å². The summed E-state index contributed by atoms with van der Waals surface area (Å²) >= 11 is 9.58. The summed E-state index contributed by atoms with van der Waals surface area (Å²) in [5.74, 6) is 0.409. The Morgan fingerprint density at radius 1 is 1.24 bits per heavy atom. The molecule has 0 aliphatic rings. The second-order valence-electron chi connectivity index (χ2n) is 5.75. The average Bonchev–Trinajstić information content (AvgIpc) is 3.02. The first-order valence-corrected chi connectivity index (χ1v) is 8.84. The van der Waals surface area contributed by atoms with E-state index in [0.717, 1.165) is 21.5 Å². The Labute approximate surface area is 158 Å². The van der Waals surface area contributed by atoms with E-state index in [1.54, 1.807) is 9.36 Å². The molecule has 0 fully saturated rings. The molecule has 0 bridgehead atoms. The molecule has 3 rings (SSSR count). The van der Waals surface area contributed by atoms with E-state index in [0.29, 0.717) is 16.5 Å². The van der Waals surface area contributed by atoms with Crippen LogP contribution in [0.15, 0.2) is 34.8 Å². The zero-order chi connectivity index (χ0) is 18.1. The molecule has 0 saturated carbocycles. The van der Waals surface area contributed by atoms with Crippen LogP contribution in [-0.4, -0.2) is 25.5 Å². The molecule has 1 amide bonds. The fraction of sp³-hybridized carbons (Fsp3) is 0.235. The van der Waals surface area contributed by atoms with Gasteiger partial charge < -0.3 is 5.32 Å². The van der Waals surface area contributed by atoms with Crippen molar-refractivity contribution in [2.24, 2.45) is 0 Å². The molecule has 0 unspecified atom stereocenters. The van der Waals surface area contributed by atoms with Gasteiger partial charge in [-0.2, -0.15) is 10.2 Å². The summed E-state index contributed by atoms with van der Waals surface area (Å²) < 4.78 is 4.24. The molecule has 8 heteroatoms. The number of nitrogens with zero attached hydrogens (tertiary/aromatic N) is 4. The fourth-order valence-electron chi connectivity index (χ4n) is 2.54. The van der Waals surface area contributed by atoms with Crippen molar-refractivity contribution in [3.05, 3.63) is 56.9 Å². The monoisotopic (exact) mass is 421 g/mol. The average molecular weight is 423 g/mol. The van der Waals surface area contributed by atoms with Gasteiger partial charge in [0.25, 0.3) is 0 Å². The molecule has 0 aliphatic heterocycles. The third-order valence-corrected chi connectivity index (χ3v) is 4.78. The quantitative estimate of drug-likeness (QED) is 0.690. The summed E-state index contributed by atoms with van der Waals surface area (Å²) in [4.78, 5) is 12.4. The van der Waals surface area contributed by atoms with Gasteiger partial charge in [-0.05, 0) is 39.0 Å². The van der Waals surface area contributed by atoms with Gasteiger partial charge in [-0.1, -0.05) is 33.6 Å². The molecular weight excluding hydrogens is 406 g/mol. The zero-order valence-electron chi connectivity index (χ0n) is 14.0. The Kier molecular flexibility index (Phi) is 4.96. The number of anilines is 1. The standard InChI is InChI=1S/C17H17BrClN5O/c1-10-7-15(24(21-10)14-6-4-5-13(18)8-14)20-16(25)9-23-12(3)17(19)11(2)22-23/h4-8H,9H2,1-3H3,(H,20,25). The predicted molar refractivity (Wildman–Crippen MR) is 101 cm³/mol. The van der Waals surface area contributed by atoms with E-state index in [-0.39, 0.29) is 12.5 Å². The SMILES string of the molecule is Cc1cc(NC(=O)Cn2nc(C)c(Cl)c2C)n(-c2cccc(Br)c2)n1. The molecule has 3 aromatic rings. The Hall–Kier alpha value is -2.12. The first-order chi connectivity index (χ1) is 11.8. The third-order valence-electron chi connectivity index (χ3n) is 3.74. The molecule has 2 aromatic heterocycles. The highest BCUT2D eigenvalue weighted by atomic mass is 79.9. The van der Waals surface area contributed by atoms with Gasteiger partial charge in [0.1, 0.15) is 12.4 Å². The highest BCUT2D eigenvalue weighted by Gasteiger charge is 2.15. The molecule has 2 heterocycles. The summed E-state index contributed by atoms with van der Waals surface area (Å²) in [6.07, 6.45) is 0. The summed E-state index contributed by atoms with van der Waals surface area (Å²) in [6.45, 7) is 5.62. The number of carbonyl (C=O) groups is 1. The maximum atomic E-state index is 12.4. The van der Waals surface area contributed by atoms with Gasteiger partial charge in [0.05, 0.1) is 27.8 Å². The molecule has 0 radical (unpaired) electrons. The van der Waals surface area contributed by atoms with Gasteiger partial charge in [-0.15, -0.1) is 0 Å². The van der Waals surface area contributed by atoms with Crippen molar-refractivity contribution in [2.75, 3.05) is 5.32 Å². The summed E-state index contributed by atoms with van der Waals surface area (Å²) in [5.41, 5.74) is 3.14. The lowest BCUT2D eigenvalue weighted by molar-refractivity contribution is -0.117. The summed E-state index contributed by atoms with van der Waals surface area (Å²) in [7, 11) is 0. The molecule has 130 valence electrons. The topological polar surface area (TPSA) is 64.7 Å². The van der Waals surface area contributed by atoms with Gasteiger partial charge in [-0.25, -0.2) is 4.68 Å². The number of nitrogens with one attached hydrogen (secondary N) is 1. The summed E-state index contributed by atoms with van der Waals surface area (Å²) in [6, 6.07) is 9.54. The molecule has 0 spiro atoms. The largest absolute Gasteiger partial charge is 0.309 e. The van der Waals surface area contributed by atoms with Crippen LogP contribution in [0.1, 0.15) is 17.1 Å². The molecule has 0 atom stereocenters. The Bertz CT molecular complexity index is 947. The van der Waals surface area contributed by atoms with Crippen LogP contribution in [0.4, 0.5) is 5.82 Å². The van der Waals surface area contributed by atoms with Crippen molar-refractivity contribution >= 4 is 39.3 Å². The van der Waals surface area contributed by atoms with E-state index in [4.69, 9.17) is 11.6 Å².